The van der Waals surface area contributed by atoms with Gasteiger partial charge in [0.15, 0.2) is 0 Å². The summed E-state index contributed by atoms with van der Waals surface area (Å²) in [6, 6.07) is 0.365. The van der Waals surface area contributed by atoms with Crippen LogP contribution in [0.5, 0.6) is 0 Å². The summed E-state index contributed by atoms with van der Waals surface area (Å²) in [6.45, 7) is 10.0. The van der Waals surface area contributed by atoms with Crippen LogP contribution in [-0.2, 0) is 4.79 Å². The van der Waals surface area contributed by atoms with Crippen LogP contribution in [0.3, 0.4) is 0 Å². The molecule has 4 nitrogen and oxygen atoms in total. The molecule has 1 atom stereocenters. The SMILES string of the molecule is CC(NC1CCNCC1)C(=O)NC(C)(C)C. The molecule has 0 aliphatic carbocycles. The number of carbonyl (C=O) groups excluding carboxylic acids is 1. The zero-order valence-corrected chi connectivity index (χ0v) is 10.9. The molecular weight excluding hydrogens is 202 g/mol. The highest BCUT2D eigenvalue weighted by atomic mass is 16.2. The summed E-state index contributed by atoms with van der Waals surface area (Å²) < 4.78 is 0. The Balaban J connectivity index is 2.33. The summed E-state index contributed by atoms with van der Waals surface area (Å²) in [5.41, 5.74) is -0.152. The van der Waals surface area contributed by atoms with Gasteiger partial charge in [0.05, 0.1) is 6.04 Å². The number of rotatable bonds is 3. The second-order valence-corrected chi connectivity index (χ2v) is 5.65. The average molecular weight is 227 g/mol. The Labute approximate surface area is 98.6 Å². The molecule has 1 rings (SSSR count). The van der Waals surface area contributed by atoms with Gasteiger partial charge in [0.1, 0.15) is 0 Å². The van der Waals surface area contributed by atoms with E-state index in [0.29, 0.717) is 6.04 Å². The number of piperidine rings is 1. The van der Waals surface area contributed by atoms with Crippen LogP contribution >= 0.6 is 0 Å². The van der Waals surface area contributed by atoms with Gasteiger partial charge in [-0.05, 0) is 53.6 Å². The third-order valence-corrected chi connectivity index (χ3v) is 2.72. The molecule has 1 fully saturated rings. The van der Waals surface area contributed by atoms with Gasteiger partial charge >= 0.3 is 0 Å². The van der Waals surface area contributed by atoms with Crippen LogP contribution in [-0.4, -0.2) is 36.6 Å². The molecule has 16 heavy (non-hydrogen) atoms. The van der Waals surface area contributed by atoms with Crippen molar-refractivity contribution in [3.05, 3.63) is 0 Å². The Bertz CT molecular complexity index is 229. The van der Waals surface area contributed by atoms with Crippen LogP contribution in [0.2, 0.25) is 0 Å². The van der Waals surface area contributed by atoms with E-state index in [-0.39, 0.29) is 17.5 Å². The molecule has 1 heterocycles. The fourth-order valence-corrected chi connectivity index (χ4v) is 1.90. The number of hydrogen-bond acceptors (Lipinski definition) is 3. The maximum Gasteiger partial charge on any atom is 0.237 e. The van der Waals surface area contributed by atoms with E-state index in [4.69, 9.17) is 0 Å². The second-order valence-electron chi connectivity index (χ2n) is 5.65. The molecule has 0 aromatic rings. The molecule has 1 aliphatic rings. The predicted octanol–water partition coefficient (Wildman–Crippen LogP) is 0.631. The van der Waals surface area contributed by atoms with Crippen molar-refractivity contribution in [1.29, 1.82) is 0 Å². The molecular formula is C12H25N3O. The Hall–Kier alpha value is -0.610. The van der Waals surface area contributed by atoms with Crippen molar-refractivity contribution in [2.24, 2.45) is 0 Å². The maximum atomic E-state index is 11.8. The largest absolute Gasteiger partial charge is 0.350 e. The van der Waals surface area contributed by atoms with E-state index in [2.05, 4.69) is 16.0 Å². The Kier molecular flexibility index (Phi) is 4.74. The summed E-state index contributed by atoms with van der Waals surface area (Å²) in [4.78, 5) is 11.8. The normalized spacial score (nSPS) is 20.5. The Morgan fingerprint density at radius 3 is 2.38 bits per heavy atom. The van der Waals surface area contributed by atoms with Crippen molar-refractivity contribution in [2.45, 2.75) is 58.2 Å². The molecule has 1 saturated heterocycles. The Morgan fingerprint density at radius 1 is 1.31 bits per heavy atom. The lowest BCUT2D eigenvalue weighted by atomic mass is 10.0. The molecule has 94 valence electrons. The van der Waals surface area contributed by atoms with Gasteiger partial charge in [0, 0.05) is 11.6 Å². The molecule has 0 spiro atoms. The van der Waals surface area contributed by atoms with Crippen molar-refractivity contribution >= 4 is 5.91 Å². The first-order valence-electron chi connectivity index (χ1n) is 6.17. The highest BCUT2D eigenvalue weighted by Gasteiger charge is 2.22. The molecule has 3 N–H and O–H groups in total. The standard InChI is InChI=1S/C12H25N3O/c1-9(11(16)15-12(2,3)4)14-10-5-7-13-8-6-10/h9-10,13-14H,5-8H2,1-4H3,(H,15,16). The predicted molar refractivity (Wildman–Crippen MR) is 66.4 cm³/mol. The maximum absolute atomic E-state index is 11.8. The zero-order chi connectivity index (χ0) is 12.2. The van der Waals surface area contributed by atoms with Gasteiger partial charge in [-0.1, -0.05) is 0 Å². The first-order chi connectivity index (χ1) is 7.38. The second kappa shape index (κ2) is 5.64. The molecule has 1 aliphatic heterocycles. The van der Waals surface area contributed by atoms with Gasteiger partial charge in [-0.25, -0.2) is 0 Å². The number of nitrogens with one attached hydrogen (secondary N) is 3. The lowest BCUT2D eigenvalue weighted by Crippen LogP contribution is -2.53. The fourth-order valence-electron chi connectivity index (χ4n) is 1.90. The van der Waals surface area contributed by atoms with Crippen LogP contribution in [0, 0.1) is 0 Å². The van der Waals surface area contributed by atoms with Crippen LogP contribution in [0.1, 0.15) is 40.5 Å². The minimum absolute atomic E-state index is 0.0889. The summed E-state index contributed by atoms with van der Waals surface area (Å²) in [5, 5.41) is 9.70. The van der Waals surface area contributed by atoms with Gasteiger partial charge in [-0.3, -0.25) is 4.79 Å². The van der Waals surface area contributed by atoms with E-state index >= 15 is 0 Å². The number of hydrogen-bond donors (Lipinski definition) is 3. The molecule has 0 aromatic heterocycles. The van der Waals surface area contributed by atoms with Crippen LogP contribution < -0.4 is 16.0 Å². The third-order valence-electron chi connectivity index (χ3n) is 2.72. The van der Waals surface area contributed by atoms with Crippen molar-refractivity contribution in [1.82, 2.24) is 16.0 Å². The smallest absolute Gasteiger partial charge is 0.237 e. The van der Waals surface area contributed by atoms with Gasteiger partial charge in [0.2, 0.25) is 5.91 Å². The third kappa shape index (κ3) is 4.94. The quantitative estimate of drug-likeness (QED) is 0.663. The van der Waals surface area contributed by atoms with Crippen molar-refractivity contribution in [3.63, 3.8) is 0 Å². The minimum Gasteiger partial charge on any atom is -0.350 e. The van der Waals surface area contributed by atoms with Crippen molar-refractivity contribution in [3.8, 4) is 0 Å². The molecule has 0 bridgehead atoms. The van der Waals surface area contributed by atoms with E-state index < -0.39 is 0 Å². The van der Waals surface area contributed by atoms with Crippen molar-refractivity contribution in [2.75, 3.05) is 13.1 Å². The first kappa shape index (κ1) is 13.5. The van der Waals surface area contributed by atoms with Gasteiger partial charge in [-0.2, -0.15) is 0 Å². The number of carbonyl (C=O) groups is 1. The molecule has 4 heteroatoms. The summed E-state index contributed by atoms with van der Waals surface area (Å²) in [7, 11) is 0. The summed E-state index contributed by atoms with van der Waals surface area (Å²) in [5.74, 6) is 0.0889. The molecule has 1 unspecified atom stereocenters. The zero-order valence-electron chi connectivity index (χ0n) is 10.9. The molecule has 0 radical (unpaired) electrons. The monoisotopic (exact) mass is 227 g/mol. The van der Waals surface area contributed by atoms with Crippen LogP contribution in [0.25, 0.3) is 0 Å². The van der Waals surface area contributed by atoms with E-state index in [1.807, 2.05) is 27.7 Å². The van der Waals surface area contributed by atoms with Gasteiger partial charge in [-0.15, -0.1) is 0 Å². The first-order valence-corrected chi connectivity index (χ1v) is 6.17. The van der Waals surface area contributed by atoms with E-state index in [0.717, 1.165) is 25.9 Å². The van der Waals surface area contributed by atoms with E-state index in [1.54, 1.807) is 0 Å². The molecule has 1 amide bonds. The van der Waals surface area contributed by atoms with E-state index in [9.17, 15) is 4.79 Å². The highest BCUT2D eigenvalue weighted by molar-refractivity contribution is 5.81. The minimum atomic E-state index is -0.152. The van der Waals surface area contributed by atoms with Crippen LogP contribution in [0.4, 0.5) is 0 Å². The topological polar surface area (TPSA) is 53.2 Å². The van der Waals surface area contributed by atoms with E-state index in [1.165, 1.54) is 0 Å². The average Bonchev–Trinajstić information content (AvgIpc) is 2.16. The molecule has 0 aromatic carbocycles. The summed E-state index contributed by atoms with van der Waals surface area (Å²) in [6.07, 6.45) is 2.21. The highest BCUT2D eigenvalue weighted by Crippen LogP contribution is 2.04. The van der Waals surface area contributed by atoms with Crippen LogP contribution in [0.15, 0.2) is 0 Å². The lowest BCUT2D eigenvalue weighted by Gasteiger charge is -2.29. The Morgan fingerprint density at radius 2 is 1.88 bits per heavy atom. The van der Waals surface area contributed by atoms with Gasteiger partial charge < -0.3 is 16.0 Å². The lowest BCUT2D eigenvalue weighted by molar-refractivity contribution is -0.124. The molecule has 0 saturated carbocycles. The fraction of sp³-hybridized carbons (Fsp3) is 0.917. The number of amides is 1. The summed E-state index contributed by atoms with van der Waals surface area (Å²) >= 11 is 0. The van der Waals surface area contributed by atoms with Crippen molar-refractivity contribution < 1.29 is 4.79 Å². The van der Waals surface area contributed by atoms with Gasteiger partial charge in [0.25, 0.3) is 0 Å².